The van der Waals surface area contributed by atoms with Gasteiger partial charge in [-0.3, -0.25) is 14.8 Å². The molecule has 2 N–H and O–H groups in total. The van der Waals surface area contributed by atoms with E-state index >= 15 is 0 Å². The molecule has 7 heteroatoms. The monoisotopic (exact) mass is 397 g/mol. The van der Waals surface area contributed by atoms with E-state index < -0.39 is 0 Å². The maximum Gasteiger partial charge on any atom is 0.217 e. The molecule has 156 valence electrons. The van der Waals surface area contributed by atoms with E-state index in [1.54, 1.807) is 14.0 Å². The van der Waals surface area contributed by atoms with Gasteiger partial charge in [0.15, 0.2) is 0 Å². The minimum absolute atomic E-state index is 0.0558. The largest absolute Gasteiger partial charge is 0.497 e. The molecule has 1 aromatic heterocycles. The molecule has 3 heterocycles. The van der Waals surface area contributed by atoms with Gasteiger partial charge in [0.1, 0.15) is 5.75 Å². The number of rotatable bonds is 5. The topological polar surface area (TPSA) is 73.5 Å². The number of carbonyl (C=O) groups excluding carboxylic acids is 1. The van der Waals surface area contributed by atoms with Crippen LogP contribution in [0.1, 0.15) is 31.7 Å². The van der Waals surface area contributed by atoms with E-state index in [9.17, 15) is 4.79 Å². The highest BCUT2D eigenvalue weighted by Gasteiger charge is 2.47. The van der Waals surface area contributed by atoms with Crippen molar-refractivity contribution < 1.29 is 9.53 Å². The Balaban J connectivity index is 1.59. The molecule has 1 amide bonds. The highest BCUT2D eigenvalue weighted by Crippen LogP contribution is 2.40. The Morgan fingerprint density at radius 1 is 1.38 bits per heavy atom. The number of methoxy groups -OCH3 is 1. The number of hydrogen-bond acceptors (Lipinski definition) is 5. The van der Waals surface area contributed by atoms with Gasteiger partial charge in [0.2, 0.25) is 5.91 Å². The molecule has 4 rings (SSSR count). The van der Waals surface area contributed by atoms with Gasteiger partial charge in [0, 0.05) is 42.7 Å². The Kier molecular flexibility index (Phi) is 5.61. The molecule has 0 unspecified atom stereocenters. The predicted octanol–water partition coefficient (Wildman–Crippen LogP) is 2.26. The molecule has 2 aliphatic heterocycles. The van der Waals surface area contributed by atoms with Gasteiger partial charge in [-0.15, -0.1) is 0 Å². The lowest BCUT2D eigenvalue weighted by atomic mass is 9.84. The Hall–Kier alpha value is -2.38. The minimum atomic E-state index is 0.0558. The number of benzene rings is 1. The second-order valence-corrected chi connectivity index (χ2v) is 8.51. The third-order valence-corrected chi connectivity index (χ3v) is 6.50. The summed E-state index contributed by atoms with van der Waals surface area (Å²) >= 11 is 0. The first-order valence-electron chi connectivity index (χ1n) is 10.4. The van der Waals surface area contributed by atoms with Crippen LogP contribution in [0.5, 0.6) is 5.75 Å². The van der Waals surface area contributed by atoms with E-state index in [-0.39, 0.29) is 17.5 Å². The second kappa shape index (κ2) is 8.16. The zero-order valence-electron chi connectivity index (χ0n) is 17.6. The second-order valence-electron chi connectivity index (χ2n) is 8.51. The number of nitrogens with zero attached hydrogens (tertiary/aromatic N) is 3. The van der Waals surface area contributed by atoms with Gasteiger partial charge in [-0.25, -0.2) is 0 Å². The average molecular weight is 398 g/mol. The first kappa shape index (κ1) is 19.9. The highest BCUT2D eigenvalue weighted by atomic mass is 16.5. The molecule has 2 aromatic rings. The molecule has 29 heavy (non-hydrogen) atoms. The van der Waals surface area contributed by atoms with Crippen molar-refractivity contribution >= 4 is 5.91 Å². The number of likely N-dealkylation sites (tertiary alicyclic amines) is 2. The fourth-order valence-corrected chi connectivity index (χ4v) is 4.95. The smallest absolute Gasteiger partial charge is 0.217 e. The molecule has 1 spiro atoms. The number of H-pyrrole nitrogens is 1. The number of aromatic amines is 1. The van der Waals surface area contributed by atoms with Gasteiger partial charge in [-0.05, 0) is 51.5 Å². The van der Waals surface area contributed by atoms with Crippen LogP contribution in [0.25, 0.3) is 11.3 Å². The molecular weight excluding hydrogens is 366 g/mol. The lowest BCUT2D eigenvalue weighted by Crippen LogP contribution is -2.50. The molecule has 0 radical (unpaired) electrons. The highest BCUT2D eigenvalue weighted by molar-refractivity contribution is 5.73. The number of amides is 1. The van der Waals surface area contributed by atoms with Gasteiger partial charge >= 0.3 is 0 Å². The lowest BCUT2D eigenvalue weighted by molar-refractivity contribution is -0.119. The van der Waals surface area contributed by atoms with Crippen molar-refractivity contribution in [2.75, 3.05) is 33.8 Å². The molecule has 0 bridgehead atoms. The number of nitrogens with one attached hydrogen (secondary N) is 2. The summed E-state index contributed by atoms with van der Waals surface area (Å²) in [6.45, 7) is 5.50. The maximum atomic E-state index is 11.7. The van der Waals surface area contributed by atoms with Gasteiger partial charge in [-0.2, -0.15) is 5.10 Å². The average Bonchev–Trinajstić information content (AvgIpc) is 3.29. The Morgan fingerprint density at radius 3 is 2.90 bits per heavy atom. The van der Waals surface area contributed by atoms with E-state index in [0.29, 0.717) is 0 Å². The Labute approximate surface area is 172 Å². The third kappa shape index (κ3) is 4.16. The van der Waals surface area contributed by atoms with Crippen LogP contribution < -0.4 is 10.1 Å². The quantitative estimate of drug-likeness (QED) is 0.810. The number of ether oxygens (including phenoxy) is 1. The van der Waals surface area contributed by atoms with Crippen LogP contribution in [0, 0.1) is 0 Å². The summed E-state index contributed by atoms with van der Waals surface area (Å²) in [4.78, 5) is 16.7. The van der Waals surface area contributed by atoms with Crippen molar-refractivity contribution in [3.8, 4) is 17.0 Å². The molecule has 0 aliphatic carbocycles. The van der Waals surface area contributed by atoms with E-state index in [0.717, 1.165) is 62.4 Å². The molecule has 1 atom stereocenters. The first-order valence-corrected chi connectivity index (χ1v) is 10.4. The van der Waals surface area contributed by atoms with Crippen LogP contribution in [0.2, 0.25) is 0 Å². The Bertz CT molecular complexity index is 856. The van der Waals surface area contributed by atoms with Crippen molar-refractivity contribution in [1.82, 2.24) is 25.3 Å². The molecule has 2 saturated heterocycles. The maximum absolute atomic E-state index is 11.7. The van der Waals surface area contributed by atoms with Crippen LogP contribution in [-0.4, -0.2) is 71.3 Å². The van der Waals surface area contributed by atoms with Crippen molar-refractivity contribution in [3.63, 3.8) is 0 Å². The SMILES string of the molecule is COc1cccc(-c2[nH]ncc2CN2C[C@@H](NC(C)=O)CC23CCN(C)CC3)c1. The normalized spacial score (nSPS) is 22.1. The van der Waals surface area contributed by atoms with E-state index in [1.165, 1.54) is 5.56 Å². The van der Waals surface area contributed by atoms with E-state index in [2.05, 4.69) is 38.4 Å². The lowest BCUT2D eigenvalue weighted by Gasteiger charge is -2.44. The molecule has 2 aliphatic rings. The first-order chi connectivity index (χ1) is 14.0. The van der Waals surface area contributed by atoms with Gasteiger partial charge in [-0.1, -0.05) is 12.1 Å². The van der Waals surface area contributed by atoms with Crippen LogP contribution in [0.15, 0.2) is 30.5 Å². The predicted molar refractivity (Wildman–Crippen MR) is 113 cm³/mol. The molecule has 7 nitrogen and oxygen atoms in total. The van der Waals surface area contributed by atoms with Crippen molar-refractivity contribution in [3.05, 3.63) is 36.0 Å². The summed E-state index contributed by atoms with van der Waals surface area (Å²) in [6.07, 6.45) is 5.22. The van der Waals surface area contributed by atoms with E-state index in [1.807, 2.05) is 24.4 Å². The minimum Gasteiger partial charge on any atom is -0.497 e. The fraction of sp³-hybridized carbons (Fsp3) is 0.545. The van der Waals surface area contributed by atoms with E-state index in [4.69, 9.17) is 4.74 Å². The number of hydrogen-bond donors (Lipinski definition) is 2. The van der Waals surface area contributed by atoms with Crippen LogP contribution in [-0.2, 0) is 11.3 Å². The van der Waals surface area contributed by atoms with Gasteiger partial charge in [0.25, 0.3) is 0 Å². The third-order valence-electron chi connectivity index (χ3n) is 6.50. The Morgan fingerprint density at radius 2 is 2.17 bits per heavy atom. The van der Waals surface area contributed by atoms with Crippen LogP contribution >= 0.6 is 0 Å². The number of aromatic nitrogens is 2. The number of piperidine rings is 1. The van der Waals surface area contributed by atoms with Crippen molar-refractivity contribution in [2.45, 2.75) is 44.3 Å². The number of carbonyl (C=O) groups is 1. The summed E-state index contributed by atoms with van der Waals surface area (Å²) in [7, 11) is 3.87. The molecular formula is C22H31N5O2. The summed E-state index contributed by atoms with van der Waals surface area (Å²) < 4.78 is 5.39. The summed E-state index contributed by atoms with van der Waals surface area (Å²) in [5.74, 6) is 0.891. The van der Waals surface area contributed by atoms with Crippen LogP contribution in [0.4, 0.5) is 0 Å². The standard InChI is InChI=1S/C22H31N5O2/c1-16(28)24-19-12-22(7-9-26(2)10-8-22)27(15-19)14-18-13-23-25-21(18)17-5-4-6-20(11-17)29-3/h4-6,11,13,19H,7-10,12,14-15H2,1-3H3,(H,23,25)(H,24,28)/t19-/m0/s1. The van der Waals surface area contributed by atoms with Crippen molar-refractivity contribution in [1.29, 1.82) is 0 Å². The van der Waals surface area contributed by atoms with Gasteiger partial charge in [0.05, 0.1) is 19.0 Å². The fourth-order valence-electron chi connectivity index (χ4n) is 4.95. The van der Waals surface area contributed by atoms with Crippen LogP contribution in [0.3, 0.4) is 0 Å². The van der Waals surface area contributed by atoms with Gasteiger partial charge < -0.3 is 15.0 Å². The molecule has 0 saturated carbocycles. The molecule has 2 fully saturated rings. The molecule has 1 aromatic carbocycles. The summed E-state index contributed by atoms with van der Waals surface area (Å²) in [5, 5.41) is 10.7. The zero-order valence-corrected chi connectivity index (χ0v) is 17.6. The zero-order chi connectivity index (χ0) is 20.4. The van der Waals surface area contributed by atoms with Crippen molar-refractivity contribution in [2.24, 2.45) is 0 Å². The summed E-state index contributed by atoms with van der Waals surface area (Å²) in [5.41, 5.74) is 3.43. The summed E-state index contributed by atoms with van der Waals surface area (Å²) in [6, 6.07) is 8.27.